The van der Waals surface area contributed by atoms with Crippen LogP contribution in [0.4, 0.5) is 21.5 Å². The standard InChI is InChI=1S/C36H40FN5O6S/c1-23-19-42(24(2)22-43)36(45)29-7-6-10-32(40-49(46,47)28-17-15-27(37)16-18-28)34(29)48-33(23)21-41(3)20-25-11-13-26(14-12-25)35(44)39-31-9-5-4-8-30(31)38/h4-18,23-24,33,40,43H,19-22,38H2,1-3H3,(H,39,44)/t23-,24+,33+/m0/s1. The summed E-state index contributed by atoms with van der Waals surface area (Å²) < 4.78 is 49.2. The monoisotopic (exact) mass is 689 g/mol. The Labute approximate surface area is 285 Å². The lowest BCUT2D eigenvalue weighted by Gasteiger charge is -2.38. The zero-order chi connectivity index (χ0) is 35.3. The number of anilines is 3. The lowest BCUT2D eigenvalue weighted by atomic mass is 9.99. The fourth-order valence-corrected chi connectivity index (χ4v) is 6.67. The van der Waals surface area contributed by atoms with Crippen molar-refractivity contribution in [3.05, 3.63) is 114 Å². The van der Waals surface area contributed by atoms with E-state index >= 15 is 0 Å². The number of benzene rings is 4. The van der Waals surface area contributed by atoms with Crippen LogP contribution >= 0.6 is 0 Å². The van der Waals surface area contributed by atoms with Gasteiger partial charge in [0, 0.05) is 31.1 Å². The molecule has 3 atom stereocenters. The summed E-state index contributed by atoms with van der Waals surface area (Å²) in [5.74, 6) is -1.43. The molecular weight excluding hydrogens is 649 g/mol. The molecule has 0 radical (unpaired) electrons. The molecule has 11 nitrogen and oxygen atoms in total. The van der Waals surface area contributed by atoms with Crippen LogP contribution < -0.4 is 20.5 Å². The summed E-state index contributed by atoms with van der Waals surface area (Å²) in [6.45, 7) is 4.61. The van der Waals surface area contributed by atoms with Gasteiger partial charge in [-0.3, -0.25) is 19.2 Å². The first-order valence-electron chi connectivity index (χ1n) is 15.8. The predicted molar refractivity (Wildman–Crippen MR) is 186 cm³/mol. The van der Waals surface area contributed by atoms with E-state index in [1.807, 2.05) is 31.0 Å². The van der Waals surface area contributed by atoms with Crippen molar-refractivity contribution >= 4 is 38.9 Å². The van der Waals surface area contributed by atoms with Crippen LogP contribution in [0.15, 0.2) is 95.9 Å². The lowest BCUT2D eigenvalue weighted by Crippen LogP contribution is -2.49. The van der Waals surface area contributed by atoms with Gasteiger partial charge >= 0.3 is 0 Å². The third-order valence-electron chi connectivity index (χ3n) is 8.43. The molecular formula is C36H40FN5O6S. The summed E-state index contributed by atoms with van der Waals surface area (Å²) in [4.78, 5) is 30.0. The number of carbonyl (C=O) groups is 2. The van der Waals surface area contributed by atoms with Crippen molar-refractivity contribution in [2.24, 2.45) is 5.92 Å². The Balaban J connectivity index is 1.37. The van der Waals surface area contributed by atoms with E-state index in [0.717, 1.165) is 29.8 Å². The number of halogens is 1. The smallest absolute Gasteiger partial charge is 0.262 e. The number of likely N-dealkylation sites (N-methyl/N-ethyl adjacent to an activating group) is 1. The number of nitrogens with two attached hydrogens (primary N) is 1. The third kappa shape index (κ3) is 8.37. The Morgan fingerprint density at radius 1 is 1.04 bits per heavy atom. The van der Waals surface area contributed by atoms with Gasteiger partial charge in [-0.25, -0.2) is 12.8 Å². The summed E-state index contributed by atoms with van der Waals surface area (Å²) in [6.07, 6.45) is -0.511. The maximum absolute atomic E-state index is 13.8. The van der Waals surface area contributed by atoms with Gasteiger partial charge in [-0.05, 0) is 80.2 Å². The van der Waals surface area contributed by atoms with Gasteiger partial charge in [0.25, 0.3) is 21.8 Å². The topological polar surface area (TPSA) is 154 Å². The number of aliphatic hydroxyl groups excluding tert-OH is 1. The molecule has 0 fully saturated rings. The zero-order valence-corrected chi connectivity index (χ0v) is 28.3. The van der Waals surface area contributed by atoms with Crippen molar-refractivity contribution in [2.75, 3.05) is 42.5 Å². The summed E-state index contributed by atoms with van der Waals surface area (Å²) in [5.41, 5.74) is 8.57. The lowest BCUT2D eigenvalue weighted by molar-refractivity contribution is 0.0344. The van der Waals surface area contributed by atoms with Crippen molar-refractivity contribution in [2.45, 2.75) is 37.4 Å². The number of fused-ring (bicyclic) bond motifs is 1. The van der Waals surface area contributed by atoms with E-state index in [2.05, 4.69) is 10.0 Å². The summed E-state index contributed by atoms with van der Waals surface area (Å²) in [6, 6.07) is 22.7. The van der Waals surface area contributed by atoms with Gasteiger partial charge < -0.3 is 25.8 Å². The van der Waals surface area contributed by atoms with Crippen molar-refractivity contribution in [3.8, 4) is 5.75 Å². The second-order valence-corrected chi connectivity index (χ2v) is 14.0. The molecule has 0 saturated heterocycles. The number of nitrogens with one attached hydrogen (secondary N) is 2. The number of nitrogens with zero attached hydrogens (tertiary/aromatic N) is 2. The van der Waals surface area contributed by atoms with Crippen molar-refractivity contribution in [1.29, 1.82) is 0 Å². The van der Waals surface area contributed by atoms with E-state index < -0.39 is 33.9 Å². The molecule has 0 unspecified atom stereocenters. The summed E-state index contributed by atoms with van der Waals surface area (Å²) in [7, 11) is -2.25. The molecule has 1 heterocycles. The van der Waals surface area contributed by atoms with Crippen molar-refractivity contribution < 1.29 is 32.2 Å². The maximum atomic E-state index is 13.8. The van der Waals surface area contributed by atoms with Crippen LogP contribution in [-0.4, -0.2) is 74.0 Å². The Morgan fingerprint density at radius 2 is 1.71 bits per heavy atom. The molecule has 0 aromatic heterocycles. The number of para-hydroxylation sites is 3. The minimum Gasteiger partial charge on any atom is -0.486 e. The molecule has 0 spiro atoms. The van der Waals surface area contributed by atoms with Crippen LogP contribution in [0.1, 0.15) is 40.1 Å². The van der Waals surface area contributed by atoms with Crippen molar-refractivity contribution in [3.63, 3.8) is 0 Å². The molecule has 4 aromatic rings. The second kappa shape index (κ2) is 15.1. The van der Waals surface area contributed by atoms with Gasteiger partial charge in [0.2, 0.25) is 0 Å². The number of rotatable bonds is 11. The number of nitrogen functional groups attached to an aromatic ring is 1. The highest BCUT2D eigenvalue weighted by atomic mass is 32.2. The molecule has 0 bridgehead atoms. The Bertz CT molecular complexity index is 1910. The van der Waals surface area contributed by atoms with Gasteiger partial charge in [-0.1, -0.05) is 37.3 Å². The van der Waals surface area contributed by atoms with Crippen molar-refractivity contribution in [1.82, 2.24) is 9.80 Å². The SMILES string of the molecule is C[C@H](CO)N1C[C@H](C)[C@@H](CN(C)Cc2ccc(C(=O)Nc3ccccc3N)cc2)Oc2c(NS(=O)(=O)c3ccc(F)cc3)cccc2C1=O. The minimum atomic E-state index is -4.17. The van der Waals surface area contributed by atoms with E-state index in [-0.39, 0.29) is 40.3 Å². The number of aliphatic hydroxyl groups is 1. The van der Waals surface area contributed by atoms with Gasteiger partial charge in [-0.2, -0.15) is 0 Å². The van der Waals surface area contributed by atoms with E-state index in [4.69, 9.17) is 10.5 Å². The van der Waals surface area contributed by atoms with E-state index in [9.17, 15) is 27.5 Å². The van der Waals surface area contributed by atoms with E-state index in [1.54, 1.807) is 60.4 Å². The molecule has 0 saturated carbocycles. The maximum Gasteiger partial charge on any atom is 0.262 e. The van der Waals surface area contributed by atoms with Crippen LogP contribution in [-0.2, 0) is 16.6 Å². The van der Waals surface area contributed by atoms with Gasteiger partial charge in [-0.15, -0.1) is 0 Å². The molecule has 13 heteroatoms. The molecule has 0 aliphatic carbocycles. The molecule has 5 rings (SSSR count). The Morgan fingerprint density at radius 3 is 2.39 bits per heavy atom. The highest BCUT2D eigenvalue weighted by molar-refractivity contribution is 7.92. The van der Waals surface area contributed by atoms with Crippen LogP contribution in [0.5, 0.6) is 5.75 Å². The predicted octanol–water partition coefficient (Wildman–Crippen LogP) is 4.81. The molecule has 2 amide bonds. The molecule has 49 heavy (non-hydrogen) atoms. The highest BCUT2D eigenvalue weighted by Gasteiger charge is 2.35. The minimum absolute atomic E-state index is 0.0552. The normalized spacial score (nSPS) is 17.0. The summed E-state index contributed by atoms with van der Waals surface area (Å²) in [5, 5.41) is 12.8. The van der Waals surface area contributed by atoms with Crippen LogP contribution in [0, 0.1) is 11.7 Å². The van der Waals surface area contributed by atoms with Crippen LogP contribution in [0.25, 0.3) is 0 Å². The zero-order valence-electron chi connectivity index (χ0n) is 27.5. The Hall–Kier alpha value is -4.98. The number of ether oxygens (including phenoxy) is 1. The van der Waals surface area contributed by atoms with Gasteiger partial charge in [0.05, 0.1) is 40.2 Å². The number of hydrogen-bond donors (Lipinski definition) is 4. The average Bonchev–Trinajstić information content (AvgIpc) is 3.07. The highest BCUT2D eigenvalue weighted by Crippen LogP contribution is 2.36. The van der Waals surface area contributed by atoms with E-state index in [1.165, 1.54) is 6.07 Å². The average molecular weight is 690 g/mol. The molecule has 4 aromatic carbocycles. The number of amides is 2. The van der Waals surface area contributed by atoms with E-state index in [0.29, 0.717) is 36.6 Å². The quantitative estimate of drug-likeness (QED) is 0.164. The molecule has 5 N–H and O–H groups in total. The number of carbonyl (C=O) groups excluding carboxylic acids is 2. The fourth-order valence-electron chi connectivity index (χ4n) is 5.61. The molecule has 1 aliphatic rings. The third-order valence-corrected chi connectivity index (χ3v) is 9.81. The van der Waals surface area contributed by atoms with Gasteiger partial charge in [0.1, 0.15) is 11.9 Å². The second-order valence-electron chi connectivity index (χ2n) is 12.3. The first kappa shape index (κ1) is 35.3. The summed E-state index contributed by atoms with van der Waals surface area (Å²) >= 11 is 0. The Kier molecular flexibility index (Phi) is 10.9. The molecule has 258 valence electrons. The molecule has 1 aliphatic heterocycles. The van der Waals surface area contributed by atoms with Gasteiger partial charge in [0.15, 0.2) is 5.75 Å². The number of hydrogen-bond acceptors (Lipinski definition) is 8. The largest absolute Gasteiger partial charge is 0.486 e. The number of sulfonamides is 1. The first-order chi connectivity index (χ1) is 23.4. The van der Waals surface area contributed by atoms with Crippen LogP contribution in [0.2, 0.25) is 0 Å². The van der Waals surface area contributed by atoms with Crippen LogP contribution in [0.3, 0.4) is 0 Å². The fraction of sp³-hybridized carbons (Fsp3) is 0.278. The first-order valence-corrected chi connectivity index (χ1v) is 17.3.